The summed E-state index contributed by atoms with van der Waals surface area (Å²) in [6.07, 6.45) is 0.498. The Kier molecular flexibility index (Phi) is 8.54. The number of aliphatic hydroxyl groups excluding tert-OH is 1. The highest BCUT2D eigenvalue weighted by molar-refractivity contribution is 6.34. The maximum Gasteiger partial charge on any atom is 0.254 e. The number of aliphatic hydroxyl groups is 1. The fraction of sp³-hybridized carbons (Fsp3) is 0.350. The molecule has 30 heavy (non-hydrogen) atoms. The minimum atomic E-state index is -1.54. The molecular formula is C20H21Cl2N5O3. The smallest absolute Gasteiger partial charge is 0.254 e. The Morgan fingerprint density at radius 1 is 1.23 bits per heavy atom. The highest BCUT2D eigenvalue weighted by atomic mass is 35.5. The third kappa shape index (κ3) is 6.39. The molecule has 2 rings (SSSR count). The van der Waals surface area contributed by atoms with Crippen LogP contribution in [0.3, 0.4) is 0 Å². The lowest BCUT2D eigenvalue weighted by molar-refractivity contribution is -0.135. The van der Waals surface area contributed by atoms with Crippen molar-refractivity contribution < 1.29 is 14.7 Å². The summed E-state index contributed by atoms with van der Waals surface area (Å²) in [7, 11) is 0. The second kappa shape index (κ2) is 10.9. The standard InChI is InChI=1S/C20H21Cl2N5O3/c1-3-11(2)17(19(29)25-10-15-4-5-24-16(9-23)26-15)27-20(30)18(28)12-6-13(21)8-14(22)7-12/h4-8,11,17-18,28H,3,10H2,1-2H3,(H,25,29)(H,27,30)/t11-,17-,18-/m0/s1. The highest BCUT2D eigenvalue weighted by Gasteiger charge is 2.29. The van der Waals surface area contributed by atoms with Crippen LogP contribution in [-0.4, -0.2) is 32.9 Å². The number of nitrogens with zero attached hydrogens (tertiary/aromatic N) is 3. The number of amides is 2. The Balaban J connectivity index is 2.09. The van der Waals surface area contributed by atoms with Gasteiger partial charge in [-0.25, -0.2) is 9.97 Å². The number of benzene rings is 1. The Labute approximate surface area is 184 Å². The molecule has 3 N–H and O–H groups in total. The van der Waals surface area contributed by atoms with E-state index in [0.29, 0.717) is 12.1 Å². The van der Waals surface area contributed by atoms with Crippen LogP contribution in [-0.2, 0) is 16.1 Å². The first-order chi connectivity index (χ1) is 14.2. The van der Waals surface area contributed by atoms with E-state index in [9.17, 15) is 14.7 Å². The predicted molar refractivity (Wildman–Crippen MR) is 111 cm³/mol. The SMILES string of the molecule is CC[C@H](C)[C@H](NC(=O)[C@@H](O)c1cc(Cl)cc(Cl)c1)C(=O)NCc1ccnc(C#N)n1. The zero-order chi connectivity index (χ0) is 22.3. The maximum absolute atomic E-state index is 12.7. The number of nitriles is 1. The van der Waals surface area contributed by atoms with E-state index >= 15 is 0 Å². The molecule has 0 fully saturated rings. The fourth-order valence-electron chi connectivity index (χ4n) is 2.65. The second-order valence-electron chi connectivity index (χ2n) is 6.68. The molecule has 0 aliphatic rings. The number of hydrogen-bond donors (Lipinski definition) is 3. The number of aromatic nitrogens is 2. The molecule has 0 aliphatic heterocycles. The molecule has 0 bridgehead atoms. The van der Waals surface area contributed by atoms with Crippen molar-refractivity contribution in [2.75, 3.05) is 0 Å². The van der Waals surface area contributed by atoms with E-state index < -0.39 is 24.0 Å². The van der Waals surface area contributed by atoms with Gasteiger partial charge >= 0.3 is 0 Å². The second-order valence-corrected chi connectivity index (χ2v) is 7.55. The molecule has 0 unspecified atom stereocenters. The first-order valence-corrected chi connectivity index (χ1v) is 9.94. The van der Waals surface area contributed by atoms with Crippen LogP contribution in [0.15, 0.2) is 30.5 Å². The quantitative estimate of drug-likeness (QED) is 0.567. The zero-order valence-electron chi connectivity index (χ0n) is 16.4. The van der Waals surface area contributed by atoms with E-state index in [1.807, 2.05) is 19.9 Å². The summed E-state index contributed by atoms with van der Waals surface area (Å²) in [6, 6.07) is 6.86. The fourth-order valence-corrected chi connectivity index (χ4v) is 3.20. The first-order valence-electron chi connectivity index (χ1n) is 9.19. The van der Waals surface area contributed by atoms with Crippen LogP contribution in [0.2, 0.25) is 10.0 Å². The molecule has 0 saturated carbocycles. The van der Waals surface area contributed by atoms with Crippen molar-refractivity contribution in [3.63, 3.8) is 0 Å². The zero-order valence-corrected chi connectivity index (χ0v) is 17.9. The molecule has 0 radical (unpaired) electrons. The molecular weight excluding hydrogens is 429 g/mol. The van der Waals surface area contributed by atoms with Gasteiger partial charge in [0, 0.05) is 16.2 Å². The van der Waals surface area contributed by atoms with E-state index in [4.69, 9.17) is 28.5 Å². The molecule has 2 aromatic rings. The van der Waals surface area contributed by atoms with E-state index in [-0.39, 0.29) is 33.9 Å². The monoisotopic (exact) mass is 449 g/mol. The number of carbonyl (C=O) groups excluding carboxylic acids is 2. The number of rotatable bonds is 8. The van der Waals surface area contributed by atoms with Gasteiger partial charge in [-0.3, -0.25) is 9.59 Å². The van der Waals surface area contributed by atoms with Crippen LogP contribution in [0.5, 0.6) is 0 Å². The van der Waals surface area contributed by atoms with E-state index in [1.165, 1.54) is 24.4 Å². The number of nitrogens with one attached hydrogen (secondary N) is 2. The van der Waals surface area contributed by atoms with Gasteiger partial charge in [0.25, 0.3) is 5.91 Å². The highest BCUT2D eigenvalue weighted by Crippen LogP contribution is 2.24. The Bertz CT molecular complexity index is 943. The van der Waals surface area contributed by atoms with Gasteiger partial charge in [0.1, 0.15) is 12.1 Å². The molecule has 3 atom stereocenters. The van der Waals surface area contributed by atoms with Crippen molar-refractivity contribution in [1.29, 1.82) is 5.26 Å². The molecule has 10 heteroatoms. The van der Waals surface area contributed by atoms with Gasteiger partial charge in [0.05, 0.1) is 12.2 Å². The summed E-state index contributed by atoms with van der Waals surface area (Å²) in [6.45, 7) is 3.75. The number of hydrogen-bond acceptors (Lipinski definition) is 6. The van der Waals surface area contributed by atoms with Crippen LogP contribution < -0.4 is 10.6 Å². The van der Waals surface area contributed by atoms with Crippen LogP contribution in [0.25, 0.3) is 0 Å². The van der Waals surface area contributed by atoms with Gasteiger partial charge < -0.3 is 15.7 Å². The minimum Gasteiger partial charge on any atom is -0.378 e. The average molecular weight is 450 g/mol. The molecule has 158 valence electrons. The molecule has 1 heterocycles. The van der Waals surface area contributed by atoms with Crippen molar-refractivity contribution in [3.05, 3.63) is 57.6 Å². The molecule has 0 aliphatic carbocycles. The van der Waals surface area contributed by atoms with Gasteiger partial charge in [-0.05, 0) is 35.7 Å². The summed E-state index contributed by atoms with van der Waals surface area (Å²) >= 11 is 11.9. The van der Waals surface area contributed by atoms with Crippen LogP contribution in [0, 0.1) is 17.2 Å². The first kappa shape index (κ1) is 23.5. The average Bonchev–Trinajstić information content (AvgIpc) is 2.73. The Morgan fingerprint density at radius 3 is 2.50 bits per heavy atom. The number of carbonyl (C=O) groups is 2. The lowest BCUT2D eigenvalue weighted by atomic mass is 9.97. The van der Waals surface area contributed by atoms with Crippen molar-refractivity contribution in [2.24, 2.45) is 5.92 Å². The van der Waals surface area contributed by atoms with Gasteiger partial charge in [-0.15, -0.1) is 0 Å². The topological polar surface area (TPSA) is 128 Å². The van der Waals surface area contributed by atoms with Crippen molar-refractivity contribution in [3.8, 4) is 6.07 Å². The van der Waals surface area contributed by atoms with Gasteiger partial charge in [-0.2, -0.15) is 5.26 Å². The third-order valence-corrected chi connectivity index (χ3v) is 4.94. The lowest BCUT2D eigenvalue weighted by Gasteiger charge is -2.25. The summed E-state index contributed by atoms with van der Waals surface area (Å²) in [5.41, 5.74) is 0.677. The van der Waals surface area contributed by atoms with Crippen molar-refractivity contribution in [1.82, 2.24) is 20.6 Å². The maximum atomic E-state index is 12.7. The summed E-state index contributed by atoms with van der Waals surface area (Å²) in [5.74, 6) is -1.39. The van der Waals surface area contributed by atoms with Gasteiger partial charge in [0.15, 0.2) is 6.10 Å². The number of halogens is 2. The molecule has 0 spiro atoms. The lowest BCUT2D eigenvalue weighted by Crippen LogP contribution is -2.51. The minimum absolute atomic E-state index is 0.00293. The molecule has 2 amide bonds. The van der Waals surface area contributed by atoms with Gasteiger partial charge in [-0.1, -0.05) is 43.5 Å². The molecule has 8 nitrogen and oxygen atoms in total. The van der Waals surface area contributed by atoms with Crippen LogP contribution >= 0.6 is 23.2 Å². The van der Waals surface area contributed by atoms with Crippen molar-refractivity contribution in [2.45, 2.75) is 39.0 Å². The van der Waals surface area contributed by atoms with Gasteiger partial charge in [0.2, 0.25) is 11.7 Å². The van der Waals surface area contributed by atoms with Crippen molar-refractivity contribution >= 4 is 35.0 Å². The largest absolute Gasteiger partial charge is 0.378 e. The summed E-state index contributed by atoms with van der Waals surface area (Å²) in [4.78, 5) is 33.1. The third-order valence-electron chi connectivity index (χ3n) is 4.50. The molecule has 1 aromatic carbocycles. The molecule has 0 saturated heterocycles. The summed E-state index contributed by atoms with van der Waals surface area (Å²) in [5, 5.41) is 25.1. The van der Waals surface area contributed by atoms with Crippen LogP contribution in [0.1, 0.15) is 43.5 Å². The predicted octanol–water partition coefficient (Wildman–Crippen LogP) is 2.54. The van der Waals surface area contributed by atoms with Crippen LogP contribution in [0.4, 0.5) is 0 Å². The van der Waals surface area contributed by atoms with E-state index in [0.717, 1.165) is 0 Å². The van der Waals surface area contributed by atoms with E-state index in [1.54, 1.807) is 6.07 Å². The Hall–Kier alpha value is -2.73. The Morgan fingerprint density at radius 2 is 1.90 bits per heavy atom. The molecule has 1 aromatic heterocycles. The van der Waals surface area contributed by atoms with E-state index in [2.05, 4.69) is 20.6 Å². The normalized spacial score (nSPS) is 13.6. The summed E-state index contributed by atoms with van der Waals surface area (Å²) < 4.78 is 0.